The zero-order valence-corrected chi connectivity index (χ0v) is 14.1. The van der Waals surface area contributed by atoms with Crippen LogP contribution in [0.3, 0.4) is 0 Å². The van der Waals surface area contributed by atoms with Gasteiger partial charge in [-0.3, -0.25) is 0 Å². The predicted octanol–water partition coefficient (Wildman–Crippen LogP) is 1.85. The number of pyridine rings is 1. The average Bonchev–Trinajstić information content (AvgIpc) is 3.13. The molecule has 23 heavy (non-hydrogen) atoms. The summed E-state index contributed by atoms with van der Waals surface area (Å²) in [5, 5.41) is 4.71. The Morgan fingerprint density at radius 2 is 2.22 bits per heavy atom. The van der Waals surface area contributed by atoms with Gasteiger partial charge < -0.3 is 15.4 Å². The molecule has 6 nitrogen and oxygen atoms in total. The number of hydrogen-bond donors (Lipinski definition) is 1. The Bertz CT molecular complexity index is 738. The first kappa shape index (κ1) is 14.9. The lowest BCUT2D eigenvalue weighted by Crippen LogP contribution is -2.56. The average molecular weight is 315 g/mol. The summed E-state index contributed by atoms with van der Waals surface area (Å²) in [5.74, 6) is 1.47. The van der Waals surface area contributed by atoms with Gasteiger partial charge in [0.1, 0.15) is 5.60 Å². The third-order valence-corrected chi connectivity index (χ3v) is 5.56. The normalized spacial score (nSPS) is 30.9. The summed E-state index contributed by atoms with van der Waals surface area (Å²) in [6.07, 6.45) is 5.18. The fourth-order valence-corrected chi connectivity index (χ4v) is 3.85. The summed E-state index contributed by atoms with van der Waals surface area (Å²) in [5.41, 5.74) is 8.93. The first-order valence-corrected chi connectivity index (χ1v) is 8.46. The molecule has 0 spiro atoms. The number of anilines is 1. The molecule has 2 fully saturated rings. The van der Waals surface area contributed by atoms with Crippen LogP contribution in [0.15, 0.2) is 12.3 Å². The van der Waals surface area contributed by atoms with Crippen molar-refractivity contribution in [1.82, 2.24) is 14.6 Å². The van der Waals surface area contributed by atoms with E-state index >= 15 is 0 Å². The van der Waals surface area contributed by atoms with Gasteiger partial charge in [-0.2, -0.15) is 0 Å². The van der Waals surface area contributed by atoms with E-state index in [9.17, 15) is 0 Å². The molecule has 2 aromatic heterocycles. The number of ether oxygens (including phenoxy) is 1. The highest BCUT2D eigenvalue weighted by atomic mass is 16.5. The molecule has 124 valence electrons. The second kappa shape index (κ2) is 5.18. The number of fused-ring (bicyclic) bond motifs is 1. The maximum absolute atomic E-state index is 6.18. The molecule has 0 bridgehead atoms. The summed E-state index contributed by atoms with van der Waals surface area (Å²) in [6.45, 7) is 6.62. The summed E-state index contributed by atoms with van der Waals surface area (Å²) in [4.78, 5) is 7.17. The van der Waals surface area contributed by atoms with Crippen LogP contribution in [-0.4, -0.2) is 40.8 Å². The Morgan fingerprint density at radius 1 is 1.39 bits per heavy atom. The minimum absolute atomic E-state index is 0.0240. The Morgan fingerprint density at radius 3 is 2.78 bits per heavy atom. The van der Waals surface area contributed by atoms with E-state index < -0.39 is 5.60 Å². The highest BCUT2D eigenvalue weighted by Crippen LogP contribution is 2.42. The number of nitrogens with two attached hydrogens (primary N) is 1. The molecule has 0 amide bonds. The highest BCUT2D eigenvalue weighted by Gasteiger charge is 2.50. The van der Waals surface area contributed by atoms with Gasteiger partial charge in [0.25, 0.3) is 0 Å². The minimum atomic E-state index is -0.513. The van der Waals surface area contributed by atoms with Crippen LogP contribution >= 0.6 is 0 Å². The predicted molar refractivity (Wildman–Crippen MR) is 89.6 cm³/mol. The van der Waals surface area contributed by atoms with Gasteiger partial charge in [-0.15, -0.1) is 5.10 Å². The first-order chi connectivity index (χ1) is 11.0. The number of aryl methyl sites for hydroxylation is 1. The van der Waals surface area contributed by atoms with Crippen molar-refractivity contribution in [2.24, 2.45) is 11.7 Å². The zero-order chi connectivity index (χ0) is 16.2. The third-order valence-electron chi connectivity index (χ3n) is 5.56. The molecule has 2 aliphatic rings. The van der Waals surface area contributed by atoms with Crippen LogP contribution in [-0.2, 0) is 10.3 Å². The summed E-state index contributed by atoms with van der Waals surface area (Å²) < 4.78 is 7.61. The molecular formula is C17H25N5O. The van der Waals surface area contributed by atoms with Crippen molar-refractivity contribution in [2.75, 3.05) is 25.1 Å². The van der Waals surface area contributed by atoms with Crippen LogP contribution in [0, 0.1) is 12.8 Å². The zero-order valence-electron chi connectivity index (χ0n) is 14.1. The maximum atomic E-state index is 6.18. The van der Waals surface area contributed by atoms with Crippen LogP contribution in [0.25, 0.3) is 5.65 Å². The minimum Gasteiger partial charge on any atom is -0.370 e. The van der Waals surface area contributed by atoms with Crippen LogP contribution in [0.5, 0.6) is 0 Å². The van der Waals surface area contributed by atoms with E-state index in [1.54, 1.807) is 7.11 Å². The summed E-state index contributed by atoms with van der Waals surface area (Å²) in [6, 6.07) is 2.19. The van der Waals surface area contributed by atoms with E-state index in [4.69, 9.17) is 20.6 Å². The molecule has 1 aliphatic heterocycles. The lowest BCUT2D eigenvalue weighted by Gasteiger charge is -2.43. The van der Waals surface area contributed by atoms with Gasteiger partial charge in [-0.25, -0.2) is 9.50 Å². The van der Waals surface area contributed by atoms with Gasteiger partial charge >= 0.3 is 0 Å². The van der Waals surface area contributed by atoms with Gasteiger partial charge in [0, 0.05) is 26.2 Å². The molecule has 0 radical (unpaired) electrons. The molecule has 3 atom stereocenters. The lowest BCUT2D eigenvalue weighted by molar-refractivity contribution is -0.102. The molecule has 6 heteroatoms. The van der Waals surface area contributed by atoms with E-state index in [1.807, 2.05) is 4.52 Å². The molecule has 1 aliphatic carbocycles. The molecule has 2 aromatic rings. The molecule has 1 saturated carbocycles. The Labute approximate surface area is 136 Å². The summed E-state index contributed by atoms with van der Waals surface area (Å²) >= 11 is 0. The van der Waals surface area contributed by atoms with Gasteiger partial charge in [0.2, 0.25) is 0 Å². The van der Waals surface area contributed by atoms with Crippen LogP contribution in [0.1, 0.15) is 37.6 Å². The maximum Gasteiger partial charge on any atom is 0.185 e. The molecule has 3 heterocycles. The third kappa shape index (κ3) is 2.16. The van der Waals surface area contributed by atoms with Crippen molar-refractivity contribution in [1.29, 1.82) is 0 Å². The molecule has 3 unspecified atom stereocenters. The quantitative estimate of drug-likeness (QED) is 0.936. The standard InChI is InChI=1S/C17H25N5O/c1-11-5-7-21(9-11)13-8-12(2)15-19-16(20-22(15)10-13)17(23-3)6-4-14(17)18/h8,10-11,14H,4-7,9,18H2,1-3H3. The number of aromatic nitrogens is 3. The van der Waals surface area contributed by atoms with Crippen molar-refractivity contribution < 1.29 is 4.74 Å². The van der Waals surface area contributed by atoms with Gasteiger partial charge in [0.05, 0.1) is 11.9 Å². The van der Waals surface area contributed by atoms with E-state index in [0.717, 1.165) is 43.1 Å². The van der Waals surface area contributed by atoms with Gasteiger partial charge in [-0.05, 0) is 43.7 Å². The first-order valence-electron chi connectivity index (χ1n) is 8.46. The number of nitrogens with zero attached hydrogens (tertiary/aromatic N) is 4. The van der Waals surface area contributed by atoms with E-state index in [-0.39, 0.29) is 6.04 Å². The lowest BCUT2D eigenvalue weighted by atomic mass is 9.74. The fourth-order valence-electron chi connectivity index (χ4n) is 3.85. The Kier molecular flexibility index (Phi) is 3.35. The Balaban J connectivity index is 1.75. The van der Waals surface area contributed by atoms with Gasteiger partial charge in [-0.1, -0.05) is 6.92 Å². The number of hydrogen-bond acceptors (Lipinski definition) is 5. The van der Waals surface area contributed by atoms with Gasteiger partial charge in [0.15, 0.2) is 11.5 Å². The molecule has 1 saturated heterocycles. The fraction of sp³-hybridized carbons (Fsp3) is 0.647. The monoisotopic (exact) mass is 315 g/mol. The smallest absolute Gasteiger partial charge is 0.185 e. The van der Waals surface area contributed by atoms with Crippen LogP contribution < -0.4 is 10.6 Å². The van der Waals surface area contributed by atoms with Crippen molar-refractivity contribution in [3.63, 3.8) is 0 Å². The topological polar surface area (TPSA) is 68.7 Å². The van der Waals surface area contributed by atoms with E-state index in [1.165, 1.54) is 12.1 Å². The number of rotatable bonds is 3. The van der Waals surface area contributed by atoms with E-state index in [0.29, 0.717) is 5.82 Å². The largest absolute Gasteiger partial charge is 0.370 e. The Hall–Kier alpha value is -1.66. The van der Waals surface area contributed by atoms with Crippen molar-refractivity contribution in [2.45, 2.75) is 44.8 Å². The molecule has 4 rings (SSSR count). The second-order valence-corrected chi connectivity index (χ2v) is 7.16. The second-order valence-electron chi connectivity index (χ2n) is 7.16. The SMILES string of the molecule is COC1(c2nc3c(C)cc(N4CCC(C)C4)cn3n2)CCC1N. The molecule has 0 aromatic carbocycles. The number of methoxy groups -OCH3 is 1. The highest BCUT2D eigenvalue weighted by molar-refractivity contribution is 5.57. The summed E-state index contributed by atoms with van der Waals surface area (Å²) in [7, 11) is 1.70. The van der Waals surface area contributed by atoms with E-state index in [2.05, 4.69) is 31.0 Å². The van der Waals surface area contributed by atoms with Crippen molar-refractivity contribution in [3.8, 4) is 0 Å². The van der Waals surface area contributed by atoms with Crippen LogP contribution in [0.4, 0.5) is 5.69 Å². The van der Waals surface area contributed by atoms with Crippen molar-refractivity contribution in [3.05, 3.63) is 23.7 Å². The molecular weight excluding hydrogens is 290 g/mol. The molecule has 2 N–H and O–H groups in total. The van der Waals surface area contributed by atoms with Crippen molar-refractivity contribution >= 4 is 11.3 Å². The van der Waals surface area contributed by atoms with Crippen LogP contribution in [0.2, 0.25) is 0 Å².